The Morgan fingerprint density at radius 3 is 2.56 bits per heavy atom. The maximum atomic E-state index is 13.0. The van der Waals surface area contributed by atoms with Crippen molar-refractivity contribution in [2.75, 3.05) is 18.0 Å². The summed E-state index contributed by atoms with van der Waals surface area (Å²) in [5.41, 5.74) is 2.20. The molecular weight excluding hydrogens is 346 g/mol. The number of amides is 4. The van der Waals surface area contributed by atoms with Crippen LogP contribution in [-0.2, 0) is 14.4 Å². The summed E-state index contributed by atoms with van der Waals surface area (Å²) < 4.78 is 0. The molecular formula is C20H25N3O4. The first-order valence-electron chi connectivity index (χ1n) is 9.38. The smallest absolute Gasteiger partial charge is 0.261 e. The first kappa shape index (κ1) is 19.1. The summed E-state index contributed by atoms with van der Waals surface area (Å²) in [6, 6.07) is 4.52. The minimum atomic E-state index is -0.952. The summed E-state index contributed by atoms with van der Waals surface area (Å²) in [4.78, 5) is 51.2. The molecule has 0 spiro atoms. The number of piperidine rings is 2. The van der Waals surface area contributed by atoms with Gasteiger partial charge in [0.25, 0.3) is 5.91 Å². The molecule has 0 bridgehead atoms. The molecule has 1 aromatic carbocycles. The van der Waals surface area contributed by atoms with Crippen molar-refractivity contribution in [2.45, 2.75) is 45.6 Å². The lowest BCUT2D eigenvalue weighted by atomic mass is 9.96. The van der Waals surface area contributed by atoms with Crippen molar-refractivity contribution in [1.29, 1.82) is 0 Å². The molecule has 1 aromatic rings. The Balaban J connectivity index is 1.85. The molecule has 2 fully saturated rings. The fourth-order valence-corrected chi connectivity index (χ4v) is 3.80. The largest absolute Gasteiger partial charge is 0.371 e. The first-order chi connectivity index (χ1) is 12.9. The Labute approximate surface area is 158 Å². The van der Waals surface area contributed by atoms with Crippen molar-refractivity contribution in [3.8, 4) is 0 Å². The number of anilines is 1. The van der Waals surface area contributed by atoms with Crippen LogP contribution in [0.1, 0.15) is 48.5 Å². The van der Waals surface area contributed by atoms with Crippen LogP contribution in [-0.4, -0.2) is 48.2 Å². The highest BCUT2D eigenvalue weighted by molar-refractivity contribution is 6.08. The Hall–Kier alpha value is -2.70. The molecule has 0 radical (unpaired) electrons. The summed E-state index contributed by atoms with van der Waals surface area (Å²) >= 11 is 0. The van der Waals surface area contributed by atoms with Gasteiger partial charge in [-0.3, -0.25) is 29.4 Å². The lowest BCUT2D eigenvalue weighted by molar-refractivity contribution is -0.139. The SMILES string of the molecule is Cc1c(C(=O)N(C=O)C2CCC(=O)NC2=O)cccc1N1CCC(C)CC1. The number of carbonyl (C=O) groups is 4. The highest BCUT2D eigenvalue weighted by atomic mass is 16.2. The maximum Gasteiger partial charge on any atom is 0.261 e. The van der Waals surface area contributed by atoms with E-state index in [1.54, 1.807) is 12.1 Å². The molecule has 1 atom stereocenters. The molecule has 0 aliphatic carbocycles. The average molecular weight is 371 g/mol. The monoisotopic (exact) mass is 371 g/mol. The van der Waals surface area contributed by atoms with Crippen LogP contribution in [0, 0.1) is 12.8 Å². The molecule has 1 N–H and O–H groups in total. The number of imide groups is 2. The van der Waals surface area contributed by atoms with Gasteiger partial charge in [0.1, 0.15) is 6.04 Å². The molecule has 2 aliphatic rings. The lowest BCUT2D eigenvalue weighted by Crippen LogP contribution is -2.54. The molecule has 4 amide bonds. The minimum Gasteiger partial charge on any atom is -0.371 e. The Morgan fingerprint density at radius 1 is 1.22 bits per heavy atom. The van der Waals surface area contributed by atoms with E-state index in [-0.39, 0.29) is 18.7 Å². The third-order valence-electron chi connectivity index (χ3n) is 5.55. The number of hydrogen-bond donors (Lipinski definition) is 1. The average Bonchev–Trinajstić information content (AvgIpc) is 2.65. The van der Waals surface area contributed by atoms with E-state index in [4.69, 9.17) is 0 Å². The fourth-order valence-electron chi connectivity index (χ4n) is 3.80. The van der Waals surface area contributed by atoms with E-state index in [0.29, 0.717) is 17.9 Å². The van der Waals surface area contributed by atoms with E-state index in [1.165, 1.54) is 0 Å². The van der Waals surface area contributed by atoms with Gasteiger partial charge in [-0.2, -0.15) is 0 Å². The second kappa shape index (κ2) is 7.90. The molecule has 0 aromatic heterocycles. The van der Waals surface area contributed by atoms with Gasteiger partial charge in [0, 0.05) is 30.8 Å². The summed E-state index contributed by atoms with van der Waals surface area (Å²) in [5.74, 6) is -0.800. The fraction of sp³-hybridized carbons (Fsp3) is 0.500. The summed E-state index contributed by atoms with van der Waals surface area (Å²) in [5, 5.41) is 2.19. The van der Waals surface area contributed by atoms with Gasteiger partial charge in [-0.25, -0.2) is 0 Å². The van der Waals surface area contributed by atoms with Crippen molar-refractivity contribution < 1.29 is 19.2 Å². The molecule has 2 heterocycles. The lowest BCUT2D eigenvalue weighted by Gasteiger charge is -2.34. The zero-order valence-electron chi connectivity index (χ0n) is 15.7. The number of rotatable bonds is 4. The summed E-state index contributed by atoms with van der Waals surface area (Å²) in [7, 11) is 0. The third kappa shape index (κ3) is 3.86. The number of hydrogen-bond acceptors (Lipinski definition) is 5. The molecule has 144 valence electrons. The van der Waals surface area contributed by atoms with E-state index < -0.39 is 17.9 Å². The van der Waals surface area contributed by atoms with Gasteiger partial charge in [-0.05, 0) is 49.8 Å². The van der Waals surface area contributed by atoms with Gasteiger partial charge in [-0.15, -0.1) is 0 Å². The van der Waals surface area contributed by atoms with Crippen molar-refractivity contribution in [2.24, 2.45) is 5.92 Å². The highest BCUT2D eigenvalue weighted by Crippen LogP contribution is 2.29. The second-order valence-electron chi connectivity index (χ2n) is 7.40. The van der Waals surface area contributed by atoms with Gasteiger partial charge in [0.2, 0.25) is 18.2 Å². The van der Waals surface area contributed by atoms with Crippen molar-refractivity contribution in [1.82, 2.24) is 10.2 Å². The van der Waals surface area contributed by atoms with Crippen LogP contribution in [0.3, 0.4) is 0 Å². The van der Waals surface area contributed by atoms with E-state index >= 15 is 0 Å². The standard InChI is InChI=1S/C20H25N3O4/c1-13-8-10-22(11-9-13)16-5-3-4-15(14(16)2)20(27)23(12-24)17-6-7-18(25)21-19(17)26/h3-5,12-13,17H,6-11H2,1-2H3,(H,21,25,26). The van der Waals surface area contributed by atoms with E-state index in [9.17, 15) is 19.2 Å². The molecule has 27 heavy (non-hydrogen) atoms. The zero-order valence-corrected chi connectivity index (χ0v) is 15.7. The topological polar surface area (TPSA) is 86.8 Å². The zero-order chi connectivity index (χ0) is 19.6. The molecule has 0 saturated carbocycles. The number of carbonyl (C=O) groups excluding carboxylic acids is 4. The predicted molar refractivity (Wildman–Crippen MR) is 100 cm³/mol. The quantitative estimate of drug-likeness (QED) is 0.642. The number of nitrogens with zero attached hydrogens (tertiary/aromatic N) is 2. The third-order valence-corrected chi connectivity index (χ3v) is 5.55. The van der Waals surface area contributed by atoms with Gasteiger partial charge in [0.15, 0.2) is 0 Å². The van der Waals surface area contributed by atoms with Crippen LogP contribution in [0.15, 0.2) is 18.2 Å². The summed E-state index contributed by atoms with van der Waals surface area (Å²) in [6.45, 7) is 5.98. The molecule has 7 heteroatoms. The van der Waals surface area contributed by atoms with Crippen molar-refractivity contribution in [3.05, 3.63) is 29.3 Å². The molecule has 3 rings (SSSR count). The Morgan fingerprint density at radius 2 is 1.93 bits per heavy atom. The van der Waals surface area contributed by atoms with E-state index in [0.717, 1.165) is 42.1 Å². The molecule has 2 saturated heterocycles. The van der Waals surface area contributed by atoms with Crippen molar-refractivity contribution in [3.63, 3.8) is 0 Å². The summed E-state index contributed by atoms with van der Waals surface area (Å²) in [6.07, 6.45) is 2.86. The van der Waals surface area contributed by atoms with Crippen LogP contribution < -0.4 is 10.2 Å². The Bertz CT molecular complexity index is 768. The van der Waals surface area contributed by atoms with E-state index in [1.807, 2.05) is 13.0 Å². The van der Waals surface area contributed by atoms with Gasteiger partial charge >= 0.3 is 0 Å². The number of benzene rings is 1. The highest BCUT2D eigenvalue weighted by Gasteiger charge is 2.35. The van der Waals surface area contributed by atoms with Crippen LogP contribution in [0.5, 0.6) is 0 Å². The normalized spacial score (nSPS) is 21.0. The Kier molecular flexibility index (Phi) is 5.58. The van der Waals surface area contributed by atoms with Gasteiger partial charge in [0.05, 0.1) is 0 Å². The van der Waals surface area contributed by atoms with Gasteiger partial charge < -0.3 is 4.90 Å². The van der Waals surface area contributed by atoms with E-state index in [2.05, 4.69) is 17.1 Å². The van der Waals surface area contributed by atoms with Crippen LogP contribution >= 0.6 is 0 Å². The molecule has 1 unspecified atom stereocenters. The predicted octanol–water partition coefficient (Wildman–Crippen LogP) is 1.64. The second-order valence-corrected chi connectivity index (χ2v) is 7.40. The van der Waals surface area contributed by atoms with Crippen LogP contribution in [0.4, 0.5) is 5.69 Å². The first-order valence-corrected chi connectivity index (χ1v) is 9.38. The minimum absolute atomic E-state index is 0.110. The van der Waals surface area contributed by atoms with Crippen LogP contribution in [0.25, 0.3) is 0 Å². The molecule has 2 aliphatic heterocycles. The molecule has 7 nitrogen and oxygen atoms in total. The van der Waals surface area contributed by atoms with Crippen LogP contribution in [0.2, 0.25) is 0 Å². The van der Waals surface area contributed by atoms with Crippen molar-refractivity contribution >= 4 is 29.8 Å². The number of nitrogens with one attached hydrogen (secondary N) is 1. The van der Waals surface area contributed by atoms with Gasteiger partial charge in [-0.1, -0.05) is 13.0 Å². The maximum absolute atomic E-state index is 13.0.